The topological polar surface area (TPSA) is 45.7 Å². The monoisotopic (exact) mass is 381 g/mol. The number of hydrogen-bond acceptors (Lipinski definition) is 2. The van der Waals surface area contributed by atoms with Crippen molar-refractivity contribution in [3.05, 3.63) is 35.6 Å². The lowest BCUT2D eigenvalue weighted by Crippen LogP contribution is -2.39. The minimum absolute atomic E-state index is 0. The van der Waals surface area contributed by atoms with Crippen molar-refractivity contribution < 1.29 is 9.13 Å². The SMILES string of the molecule is CN=C(NCCOC)NCCc1ccccc1F.I. The van der Waals surface area contributed by atoms with Crippen molar-refractivity contribution in [3.63, 3.8) is 0 Å². The lowest BCUT2D eigenvalue weighted by atomic mass is 10.1. The molecule has 0 saturated heterocycles. The standard InChI is InChI=1S/C13H20FN3O.HI/c1-15-13(17-9-10-18-2)16-8-7-11-5-3-4-6-12(11)14;/h3-6H,7-10H2,1-2H3,(H2,15,16,17);1H. The number of halogens is 2. The Balaban J connectivity index is 0.00000324. The summed E-state index contributed by atoms with van der Waals surface area (Å²) in [5.41, 5.74) is 0.706. The Hall–Kier alpha value is -0.890. The van der Waals surface area contributed by atoms with Gasteiger partial charge >= 0.3 is 0 Å². The van der Waals surface area contributed by atoms with Crippen molar-refractivity contribution in [2.75, 3.05) is 33.9 Å². The second kappa shape index (κ2) is 11.0. The van der Waals surface area contributed by atoms with Crippen LogP contribution < -0.4 is 10.6 Å². The molecule has 1 rings (SSSR count). The fourth-order valence-electron chi connectivity index (χ4n) is 1.51. The van der Waals surface area contributed by atoms with Gasteiger partial charge in [0, 0.05) is 27.2 Å². The smallest absolute Gasteiger partial charge is 0.191 e. The van der Waals surface area contributed by atoms with Crippen LogP contribution in [0, 0.1) is 5.82 Å². The number of rotatable bonds is 6. The molecule has 2 N–H and O–H groups in total. The van der Waals surface area contributed by atoms with Crippen molar-refractivity contribution in [3.8, 4) is 0 Å². The molecule has 0 heterocycles. The van der Waals surface area contributed by atoms with E-state index in [0.29, 0.717) is 37.6 Å². The van der Waals surface area contributed by atoms with Crippen molar-refractivity contribution in [2.24, 2.45) is 4.99 Å². The van der Waals surface area contributed by atoms with Crippen molar-refractivity contribution in [1.82, 2.24) is 10.6 Å². The quantitative estimate of drug-likeness (QED) is 0.342. The number of hydrogen-bond donors (Lipinski definition) is 2. The summed E-state index contributed by atoms with van der Waals surface area (Å²) in [6.07, 6.45) is 0.623. The van der Waals surface area contributed by atoms with Crippen molar-refractivity contribution >= 4 is 29.9 Å². The molecule has 0 aliphatic heterocycles. The van der Waals surface area contributed by atoms with Gasteiger partial charge in [0.25, 0.3) is 0 Å². The first kappa shape index (κ1) is 18.1. The van der Waals surface area contributed by atoms with E-state index >= 15 is 0 Å². The fraction of sp³-hybridized carbons (Fsp3) is 0.462. The minimum Gasteiger partial charge on any atom is -0.383 e. The van der Waals surface area contributed by atoms with Gasteiger partial charge in [-0.25, -0.2) is 4.39 Å². The molecule has 1 aromatic rings. The van der Waals surface area contributed by atoms with Crippen LogP contribution in [0.15, 0.2) is 29.3 Å². The number of guanidine groups is 1. The third-order valence-electron chi connectivity index (χ3n) is 2.47. The Morgan fingerprint density at radius 1 is 1.26 bits per heavy atom. The van der Waals surface area contributed by atoms with Gasteiger partial charge in [0.05, 0.1) is 6.61 Å². The zero-order chi connectivity index (χ0) is 13.2. The number of ether oxygens (including phenoxy) is 1. The third kappa shape index (κ3) is 7.31. The Morgan fingerprint density at radius 3 is 2.58 bits per heavy atom. The normalized spacial score (nSPS) is 10.8. The average molecular weight is 381 g/mol. The third-order valence-corrected chi connectivity index (χ3v) is 2.47. The van der Waals surface area contributed by atoms with Gasteiger partial charge in [-0.05, 0) is 18.1 Å². The molecule has 0 unspecified atom stereocenters. The lowest BCUT2D eigenvalue weighted by molar-refractivity contribution is 0.203. The van der Waals surface area contributed by atoms with E-state index in [-0.39, 0.29) is 29.8 Å². The summed E-state index contributed by atoms with van der Waals surface area (Å²) in [6, 6.07) is 6.79. The number of nitrogens with one attached hydrogen (secondary N) is 2. The first-order chi connectivity index (χ1) is 8.77. The van der Waals surface area contributed by atoms with Crippen molar-refractivity contribution in [2.45, 2.75) is 6.42 Å². The Labute approximate surface area is 130 Å². The maximum Gasteiger partial charge on any atom is 0.191 e. The van der Waals surface area contributed by atoms with Crippen LogP contribution in [-0.2, 0) is 11.2 Å². The highest BCUT2D eigenvalue weighted by molar-refractivity contribution is 14.0. The Morgan fingerprint density at radius 2 is 1.95 bits per heavy atom. The predicted octanol–water partition coefficient (Wildman–Crippen LogP) is 1.80. The molecule has 0 amide bonds. The fourth-order valence-corrected chi connectivity index (χ4v) is 1.51. The molecule has 0 radical (unpaired) electrons. The summed E-state index contributed by atoms with van der Waals surface area (Å²) in [4.78, 5) is 4.06. The molecule has 1 aromatic carbocycles. The summed E-state index contributed by atoms with van der Waals surface area (Å²) in [5, 5.41) is 6.21. The van der Waals surface area contributed by atoms with E-state index in [1.165, 1.54) is 6.07 Å². The molecule has 0 aliphatic carbocycles. The molecule has 0 atom stereocenters. The molecule has 0 aliphatic rings. The van der Waals surface area contributed by atoms with Gasteiger partial charge in [0.15, 0.2) is 5.96 Å². The van der Waals surface area contributed by atoms with Gasteiger partial charge in [-0.15, -0.1) is 24.0 Å². The van der Waals surface area contributed by atoms with Crippen LogP contribution in [0.5, 0.6) is 0 Å². The van der Waals surface area contributed by atoms with Gasteiger partial charge in [0.1, 0.15) is 5.82 Å². The maximum absolute atomic E-state index is 13.4. The molecule has 0 aromatic heterocycles. The minimum atomic E-state index is -0.165. The Kier molecular flexibility index (Phi) is 10.5. The number of methoxy groups -OCH3 is 1. The Bertz CT molecular complexity index is 388. The molecule has 6 heteroatoms. The highest BCUT2D eigenvalue weighted by Crippen LogP contribution is 2.05. The second-order valence-electron chi connectivity index (χ2n) is 3.76. The van der Waals surface area contributed by atoms with E-state index < -0.39 is 0 Å². The maximum atomic E-state index is 13.4. The van der Waals surface area contributed by atoms with E-state index in [4.69, 9.17) is 4.74 Å². The van der Waals surface area contributed by atoms with E-state index in [9.17, 15) is 4.39 Å². The molecule has 0 bridgehead atoms. The summed E-state index contributed by atoms with van der Waals surface area (Å²) < 4.78 is 18.3. The van der Waals surface area contributed by atoms with E-state index in [1.807, 2.05) is 6.07 Å². The molecule has 4 nitrogen and oxygen atoms in total. The number of aliphatic imine (C=N–C) groups is 1. The average Bonchev–Trinajstić information content (AvgIpc) is 2.39. The van der Waals surface area contributed by atoms with Crippen LogP contribution >= 0.6 is 24.0 Å². The summed E-state index contributed by atoms with van der Waals surface area (Å²) >= 11 is 0. The first-order valence-electron chi connectivity index (χ1n) is 5.94. The molecular weight excluding hydrogens is 360 g/mol. The molecule has 0 saturated carbocycles. The van der Waals surface area contributed by atoms with Gasteiger partial charge in [-0.3, -0.25) is 4.99 Å². The molecular formula is C13H21FIN3O. The second-order valence-corrected chi connectivity index (χ2v) is 3.76. The first-order valence-corrected chi connectivity index (χ1v) is 5.94. The summed E-state index contributed by atoms with van der Waals surface area (Å²) in [5.74, 6) is 0.532. The van der Waals surface area contributed by atoms with Gasteiger partial charge in [-0.2, -0.15) is 0 Å². The molecule has 108 valence electrons. The van der Waals surface area contributed by atoms with Crippen LogP contribution in [0.25, 0.3) is 0 Å². The van der Waals surface area contributed by atoms with E-state index in [2.05, 4.69) is 15.6 Å². The van der Waals surface area contributed by atoms with Gasteiger partial charge in [0.2, 0.25) is 0 Å². The van der Waals surface area contributed by atoms with Crippen LogP contribution in [-0.4, -0.2) is 39.8 Å². The highest BCUT2D eigenvalue weighted by atomic mass is 127. The molecule has 0 spiro atoms. The lowest BCUT2D eigenvalue weighted by Gasteiger charge is -2.11. The van der Waals surface area contributed by atoms with Crippen molar-refractivity contribution in [1.29, 1.82) is 0 Å². The zero-order valence-corrected chi connectivity index (χ0v) is 13.6. The van der Waals surface area contributed by atoms with Gasteiger partial charge < -0.3 is 15.4 Å². The number of nitrogens with zero attached hydrogens (tertiary/aromatic N) is 1. The summed E-state index contributed by atoms with van der Waals surface area (Å²) in [7, 11) is 3.35. The number of benzene rings is 1. The summed E-state index contributed by atoms with van der Waals surface area (Å²) in [6.45, 7) is 1.94. The molecule has 19 heavy (non-hydrogen) atoms. The van der Waals surface area contributed by atoms with Crippen LogP contribution in [0.1, 0.15) is 5.56 Å². The van der Waals surface area contributed by atoms with Gasteiger partial charge in [-0.1, -0.05) is 18.2 Å². The largest absolute Gasteiger partial charge is 0.383 e. The molecule has 0 fully saturated rings. The van der Waals surface area contributed by atoms with E-state index in [1.54, 1.807) is 26.3 Å². The van der Waals surface area contributed by atoms with Crippen LogP contribution in [0.3, 0.4) is 0 Å². The predicted molar refractivity (Wildman–Crippen MR) is 86.8 cm³/mol. The zero-order valence-electron chi connectivity index (χ0n) is 11.3. The van der Waals surface area contributed by atoms with E-state index in [0.717, 1.165) is 0 Å². The van der Waals surface area contributed by atoms with Crippen LogP contribution in [0.2, 0.25) is 0 Å². The van der Waals surface area contributed by atoms with Crippen LogP contribution in [0.4, 0.5) is 4.39 Å². The highest BCUT2D eigenvalue weighted by Gasteiger charge is 2.01.